The lowest BCUT2D eigenvalue weighted by atomic mass is 10.0. The fourth-order valence-electron chi connectivity index (χ4n) is 4.62. The average Bonchev–Trinajstić information content (AvgIpc) is 3.52. The summed E-state index contributed by atoms with van der Waals surface area (Å²) in [5.74, 6) is -4.90. The molecule has 10 N–H and O–H groups in total. The molecule has 14 nitrogen and oxygen atoms in total. The van der Waals surface area contributed by atoms with Gasteiger partial charge >= 0.3 is 5.97 Å². The normalized spacial score (nSPS) is 17.3. The summed E-state index contributed by atoms with van der Waals surface area (Å²) in [6, 6.07) is 2.54. The Morgan fingerprint density at radius 3 is 2.44 bits per heavy atom. The summed E-state index contributed by atoms with van der Waals surface area (Å²) in [6.45, 7) is 0.174. The number of carbonyl (C=O) groups is 6. The van der Waals surface area contributed by atoms with Crippen LogP contribution >= 0.6 is 0 Å². The number of carboxylic acid groups (broad SMARTS) is 1. The Kier molecular flexibility index (Phi) is 9.60. The quantitative estimate of drug-likeness (QED) is 0.152. The third kappa shape index (κ3) is 7.54. The Balaban J connectivity index is 1.73. The lowest BCUT2D eigenvalue weighted by Gasteiger charge is -2.30. The largest absolute Gasteiger partial charge is 0.480 e. The van der Waals surface area contributed by atoms with Crippen LogP contribution in [0.4, 0.5) is 0 Å². The van der Waals surface area contributed by atoms with Gasteiger partial charge in [-0.3, -0.25) is 24.0 Å². The fourth-order valence-corrected chi connectivity index (χ4v) is 4.62. The Hall–Kier alpha value is -4.46. The highest BCUT2D eigenvalue weighted by Gasteiger charge is 2.39. The number of para-hydroxylation sites is 1. The highest BCUT2D eigenvalue weighted by molar-refractivity contribution is 5.96. The molecule has 0 bridgehead atoms. The first-order valence-corrected chi connectivity index (χ1v) is 12.5. The summed E-state index contributed by atoms with van der Waals surface area (Å²) < 4.78 is 0. The zero-order valence-corrected chi connectivity index (χ0v) is 21.2. The number of likely N-dealkylation sites (tertiary alicyclic amines) is 1. The maximum absolute atomic E-state index is 13.4. The van der Waals surface area contributed by atoms with Gasteiger partial charge in [-0.1, -0.05) is 18.2 Å². The van der Waals surface area contributed by atoms with Crippen LogP contribution in [0.5, 0.6) is 0 Å². The van der Waals surface area contributed by atoms with Gasteiger partial charge in [0.25, 0.3) is 0 Å². The summed E-state index contributed by atoms with van der Waals surface area (Å²) in [6.07, 6.45) is 1.58. The molecule has 39 heavy (non-hydrogen) atoms. The molecule has 0 spiro atoms. The number of H-pyrrole nitrogens is 1. The molecule has 1 aliphatic rings. The predicted octanol–water partition coefficient (Wildman–Crippen LogP) is -1.78. The van der Waals surface area contributed by atoms with E-state index < -0.39 is 66.1 Å². The zero-order valence-electron chi connectivity index (χ0n) is 21.2. The van der Waals surface area contributed by atoms with E-state index >= 15 is 0 Å². The van der Waals surface area contributed by atoms with Crippen molar-refractivity contribution in [3.05, 3.63) is 36.0 Å². The van der Waals surface area contributed by atoms with Crippen LogP contribution in [0.2, 0.25) is 0 Å². The van der Waals surface area contributed by atoms with Crippen molar-refractivity contribution in [1.29, 1.82) is 0 Å². The number of primary amides is 2. The van der Waals surface area contributed by atoms with Crippen molar-refractivity contribution < 1.29 is 33.9 Å². The predicted molar refractivity (Wildman–Crippen MR) is 138 cm³/mol. The number of carboxylic acids is 1. The Morgan fingerprint density at radius 2 is 1.77 bits per heavy atom. The van der Waals surface area contributed by atoms with Crippen molar-refractivity contribution in [3.8, 4) is 0 Å². The number of aliphatic carboxylic acids is 1. The van der Waals surface area contributed by atoms with Gasteiger partial charge in [0.15, 0.2) is 0 Å². The number of rotatable bonds is 13. The van der Waals surface area contributed by atoms with Crippen LogP contribution in [0.3, 0.4) is 0 Å². The monoisotopic (exact) mass is 543 g/mol. The van der Waals surface area contributed by atoms with Crippen molar-refractivity contribution in [2.75, 3.05) is 6.54 Å². The summed E-state index contributed by atoms with van der Waals surface area (Å²) in [5.41, 5.74) is 17.5. The molecule has 0 aliphatic carbocycles. The third-order valence-corrected chi connectivity index (χ3v) is 6.60. The van der Waals surface area contributed by atoms with Gasteiger partial charge < -0.3 is 42.8 Å². The average molecular weight is 544 g/mol. The van der Waals surface area contributed by atoms with Crippen molar-refractivity contribution in [1.82, 2.24) is 20.5 Å². The van der Waals surface area contributed by atoms with Crippen molar-refractivity contribution >= 4 is 46.4 Å². The maximum Gasteiger partial charge on any atom is 0.326 e. The zero-order chi connectivity index (χ0) is 28.7. The molecule has 3 rings (SSSR count). The van der Waals surface area contributed by atoms with E-state index in [9.17, 15) is 33.9 Å². The molecular formula is C25H33N7O7. The number of nitrogens with one attached hydrogen (secondary N) is 3. The minimum atomic E-state index is -1.31. The number of benzene rings is 1. The number of aromatic nitrogens is 1. The lowest BCUT2D eigenvalue weighted by Crippen LogP contribution is -2.57. The van der Waals surface area contributed by atoms with E-state index in [1.807, 2.05) is 24.3 Å². The van der Waals surface area contributed by atoms with Gasteiger partial charge in [-0.2, -0.15) is 0 Å². The van der Waals surface area contributed by atoms with Crippen LogP contribution in [0, 0.1) is 0 Å². The number of fused-ring (bicyclic) bond motifs is 1. The fraction of sp³-hybridized carbons (Fsp3) is 0.440. The smallest absolute Gasteiger partial charge is 0.326 e. The molecule has 210 valence electrons. The van der Waals surface area contributed by atoms with Crippen LogP contribution < -0.4 is 27.8 Å². The molecule has 1 fully saturated rings. The number of aromatic amines is 1. The van der Waals surface area contributed by atoms with E-state index in [2.05, 4.69) is 15.6 Å². The summed E-state index contributed by atoms with van der Waals surface area (Å²) in [7, 11) is 0. The number of nitrogens with two attached hydrogens (primary N) is 3. The van der Waals surface area contributed by atoms with E-state index in [0.717, 1.165) is 10.9 Å². The first kappa shape index (κ1) is 29.1. The van der Waals surface area contributed by atoms with Crippen LogP contribution in [0.25, 0.3) is 10.9 Å². The minimum absolute atomic E-state index is 0.0147. The molecule has 1 saturated heterocycles. The topological polar surface area (TPSA) is 244 Å². The van der Waals surface area contributed by atoms with Crippen LogP contribution in [0.1, 0.15) is 37.7 Å². The van der Waals surface area contributed by atoms with Gasteiger partial charge in [0.1, 0.15) is 18.1 Å². The summed E-state index contributed by atoms with van der Waals surface area (Å²) >= 11 is 0. The highest BCUT2D eigenvalue weighted by Crippen LogP contribution is 2.22. The second kappa shape index (κ2) is 12.9. The van der Waals surface area contributed by atoms with Crippen molar-refractivity contribution in [2.24, 2.45) is 17.2 Å². The van der Waals surface area contributed by atoms with E-state index in [1.54, 1.807) is 6.20 Å². The number of hydrogen-bond donors (Lipinski definition) is 7. The highest BCUT2D eigenvalue weighted by atomic mass is 16.4. The van der Waals surface area contributed by atoms with Gasteiger partial charge in [-0.15, -0.1) is 0 Å². The molecule has 1 aromatic carbocycles. The molecule has 0 radical (unpaired) electrons. The van der Waals surface area contributed by atoms with Gasteiger partial charge in [-0.25, -0.2) is 4.79 Å². The van der Waals surface area contributed by atoms with Crippen LogP contribution in [-0.2, 0) is 35.2 Å². The molecule has 1 aromatic heterocycles. The van der Waals surface area contributed by atoms with Crippen LogP contribution in [0.15, 0.2) is 30.5 Å². The summed E-state index contributed by atoms with van der Waals surface area (Å²) in [5, 5.41) is 15.6. The first-order valence-electron chi connectivity index (χ1n) is 12.5. The number of hydrogen-bond acceptors (Lipinski definition) is 7. The molecule has 4 atom stereocenters. The second-order valence-electron chi connectivity index (χ2n) is 9.50. The first-order chi connectivity index (χ1) is 18.5. The minimum Gasteiger partial charge on any atom is -0.480 e. The molecule has 0 saturated carbocycles. The van der Waals surface area contributed by atoms with Gasteiger partial charge in [0, 0.05) is 36.5 Å². The van der Waals surface area contributed by atoms with E-state index in [1.165, 1.54) is 4.90 Å². The SMILES string of the molecule is NC(=O)CCC(NC(=O)C(N)CC(N)=O)C(=O)N1CCCC1C(=O)NC(Cc1c[nH]c2ccccc12)C(=O)O. The third-order valence-electron chi connectivity index (χ3n) is 6.60. The Bertz CT molecular complexity index is 1260. The standard InChI is InChI=1S/C25H33N7O7/c26-15(11-21(28)34)22(35)30-17(7-8-20(27)33)24(37)32-9-3-6-19(32)23(36)31-18(25(38)39)10-13-12-29-16-5-2-1-4-14(13)16/h1-2,4-5,12,15,17-19,29H,3,6-11,26H2,(H2,27,33)(H2,28,34)(H,30,35)(H,31,36)(H,38,39). The van der Waals surface area contributed by atoms with Gasteiger partial charge in [0.2, 0.25) is 29.5 Å². The lowest BCUT2D eigenvalue weighted by molar-refractivity contribution is -0.145. The molecule has 5 amide bonds. The van der Waals surface area contributed by atoms with Gasteiger partial charge in [0.05, 0.1) is 12.5 Å². The second-order valence-corrected chi connectivity index (χ2v) is 9.50. The Labute approximate surface area is 223 Å². The maximum atomic E-state index is 13.4. The molecule has 14 heteroatoms. The molecule has 2 heterocycles. The van der Waals surface area contributed by atoms with E-state index in [4.69, 9.17) is 17.2 Å². The number of amides is 5. The molecular weight excluding hydrogens is 510 g/mol. The Morgan fingerprint density at radius 1 is 1.05 bits per heavy atom. The van der Waals surface area contributed by atoms with Crippen molar-refractivity contribution in [2.45, 2.75) is 62.7 Å². The molecule has 2 aromatic rings. The summed E-state index contributed by atoms with van der Waals surface area (Å²) in [4.78, 5) is 77.8. The van der Waals surface area contributed by atoms with E-state index in [-0.39, 0.29) is 32.2 Å². The molecule has 4 unspecified atom stereocenters. The van der Waals surface area contributed by atoms with Crippen molar-refractivity contribution in [3.63, 3.8) is 0 Å². The van der Waals surface area contributed by atoms with E-state index in [0.29, 0.717) is 12.0 Å². The number of carbonyl (C=O) groups excluding carboxylic acids is 5. The van der Waals surface area contributed by atoms with Crippen LogP contribution in [-0.4, -0.2) is 81.2 Å². The van der Waals surface area contributed by atoms with Gasteiger partial charge in [-0.05, 0) is 30.9 Å². The molecule has 1 aliphatic heterocycles. The number of nitrogens with zero attached hydrogens (tertiary/aromatic N) is 1.